The van der Waals surface area contributed by atoms with E-state index >= 15 is 0 Å². The molecule has 0 bridgehead atoms. The summed E-state index contributed by atoms with van der Waals surface area (Å²) in [4.78, 5) is 26.5. The number of carbonyl (C=O) groups excluding carboxylic acids is 2. The van der Waals surface area contributed by atoms with Crippen LogP contribution in [0.4, 0.5) is 5.69 Å². The Balaban J connectivity index is 1.55. The highest BCUT2D eigenvalue weighted by Crippen LogP contribution is 2.26. The number of nitrogens with zero attached hydrogens (tertiary/aromatic N) is 3. The quantitative estimate of drug-likeness (QED) is 0.310. The van der Waals surface area contributed by atoms with Crippen molar-refractivity contribution in [2.75, 3.05) is 5.32 Å². The van der Waals surface area contributed by atoms with Crippen LogP contribution in [-0.2, 0) is 11.2 Å². The Morgan fingerprint density at radius 1 is 1.06 bits per heavy atom. The third kappa shape index (κ3) is 5.49. The second kappa shape index (κ2) is 10.8. The minimum absolute atomic E-state index is 0.00221. The van der Waals surface area contributed by atoms with Crippen molar-refractivity contribution >= 4 is 29.1 Å². The van der Waals surface area contributed by atoms with Gasteiger partial charge < -0.3 is 10.6 Å². The molecule has 0 aliphatic carbocycles. The largest absolute Gasteiger partial charge is 0.339 e. The van der Waals surface area contributed by atoms with E-state index in [1.807, 2.05) is 70.2 Å². The predicted molar refractivity (Wildman–Crippen MR) is 141 cm³/mol. The Labute approximate surface area is 215 Å². The number of hydrogen-bond acceptors (Lipinski definition) is 4. The molecule has 2 aromatic carbocycles. The fourth-order valence-corrected chi connectivity index (χ4v) is 4.37. The summed E-state index contributed by atoms with van der Waals surface area (Å²) in [7, 11) is 0. The molecule has 4 aromatic rings. The van der Waals surface area contributed by atoms with Crippen LogP contribution in [0.5, 0.6) is 0 Å². The molecular formula is C27H29ClN6O2. The predicted octanol–water partition coefficient (Wildman–Crippen LogP) is 5.10. The maximum atomic E-state index is 13.4. The summed E-state index contributed by atoms with van der Waals surface area (Å²) in [5.41, 5.74) is 5.70. The summed E-state index contributed by atoms with van der Waals surface area (Å²) in [6.45, 7) is 7.79. The number of nitrogens with one attached hydrogen (secondary N) is 3. The van der Waals surface area contributed by atoms with Gasteiger partial charge in [0, 0.05) is 40.6 Å². The van der Waals surface area contributed by atoms with Gasteiger partial charge in [-0.3, -0.25) is 19.4 Å². The van der Waals surface area contributed by atoms with Crippen molar-refractivity contribution in [3.05, 3.63) is 88.5 Å². The van der Waals surface area contributed by atoms with E-state index in [1.165, 1.54) is 0 Å². The second-order valence-corrected chi connectivity index (χ2v) is 9.36. The van der Waals surface area contributed by atoms with E-state index in [9.17, 15) is 9.59 Å². The smallest absolute Gasteiger partial charge is 0.270 e. The zero-order chi connectivity index (χ0) is 25.8. The number of hydrogen-bond donors (Lipinski definition) is 3. The standard InChI is InChI=1S/C27H29ClN6O2/c1-16(2)34-24(13-14-29-34)27(36)31-23(15-20-7-5-6-8-22(20)28)26(35)30-21-11-9-19(10-12-21)25-17(3)32-33-18(25)4/h5-14,16,23H,15H2,1-4H3,(H,30,35)(H,31,36)(H,32,33)/t23-/m0/s1. The van der Waals surface area contributed by atoms with E-state index in [-0.39, 0.29) is 24.3 Å². The lowest BCUT2D eigenvalue weighted by atomic mass is 10.0. The Morgan fingerprint density at radius 2 is 1.78 bits per heavy atom. The van der Waals surface area contributed by atoms with E-state index in [1.54, 1.807) is 23.0 Å². The van der Waals surface area contributed by atoms with Gasteiger partial charge in [0.05, 0.1) is 5.69 Å². The molecular weight excluding hydrogens is 476 g/mol. The minimum Gasteiger partial charge on any atom is -0.339 e. The number of aryl methyl sites for hydroxylation is 2. The number of benzene rings is 2. The number of anilines is 1. The Kier molecular flexibility index (Phi) is 7.55. The normalized spacial score (nSPS) is 11.9. The van der Waals surface area contributed by atoms with Gasteiger partial charge in [0.25, 0.3) is 5.91 Å². The second-order valence-electron chi connectivity index (χ2n) is 8.95. The highest BCUT2D eigenvalue weighted by molar-refractivity contribution is 6.31. The van der Waals surface area contributed by atoms with Crippen LogP contribution in [0.1, 0.15) is 47.3 Å². The number of rotatable bonds is 8. The monoisotopic (exact) mass is 504 g/mol. The van der Waals surface area contributed by atoms with Gasteiger partial charge >= 0.3 is 0 Å². The zero-order valence-corrected chi connectivity index (χ0v) is 21.4. The van der Waals surface area contributed by atoms with Crippen LogP contribution in [0, 0.1) is 13.8 Å². The van der Waals surface area contributed by atoms with Crippen molar-refractivity contribution in [2.24, 2.45) is 0 Å². The lowest BCUT2D eigenvalue weighted by Crippen LogP contribution is -2.46. The summed E-state index contributed by atoms with van der Waals surface area (Å²) in [5.74, 6) is -0.725. The average molecular weight is 505 g/mol. The van der Waals surface area contributed by atoms with Gasteiger partial charge in [-0.15, -0.1) is 0 Å². The molecule has 8 nitrogen and oxygen atoms in total. The Morgan fingerprint density at radius 3 is 2.42 bits per heavy atom. The van der Waals surface area contributed by atoms with Crippen molar-refractivity contribution in [3.8, 4) is 11.1 Å². The lowest BCUT2D eigenvalue weighted by molar-refractivity contribution is -0.118. The fraction of sp³-hybridized carbons (Fsp3) is 0.259. The first-order valence-electron chi connectivity index (χ1n) is 11.7. The van der Waals surface area contributed by atoms with Crippen molar-refractivity contribution in [1.82, 2.24) is 25.3 Å². The van der Waals surface area contributed by atoms with E-state index in [0.29, 0.717) is 16.4 Å². The third-order valence-electron chi connectivity index (χ3n) is 5.96. The number of amides is 2. The molecule has 0 saturated heterocycles. The summed E-state index contributed by atoms with van der Waals surface area (Å²) in [6.07, 6.45) is 1.81. The first-order valence-corrected chi connectivity index (χ1v) is 12.1. The fourth-order valence-electron chi connectivity index (χ4n) is 4.16. The summed E-state index contributed by atoms with van der Waals surface area (Å²) < 4.78 is 1.62. The molecule has 186 valence electrons. The van der Waals surface area contributed by atoms with E-state index in [4.69, 9.17) is 11.6 Å². The van der Waals surface area contributed by atoms with E-state index < -0.39 is 6.04 Å². The SMILES string of the molecule is Cc1n[nH]c(C)c1-c1ccc(NC(=O)[C@H](Cc2ccccc2Cl)NC(=O)c2ccnn2C(C)C)cc1. The molecule has 2 amide bonds. The van der Waals surface area contributed by atoms with E-state index in [2.05, 4.69) is 25.9 Å². The molecule has 0 aliphatic rings. The molecule has 0 unspecified atom stereocenters. The molecule has 0 saturated carbocycles. The number of halogens is 1. The molecule has 3 N–H and O–H groups in total. The molecule has 0 aliphatic heterocycles. The van der Waals surface area contributed by atoms with Gasteiger partial charge in [-0.05, 0) is 63.1 Å². The molecule has 36 heavy (non-hydrogen) atoms. The molecule has 0 radical (unpaired) electrons. The minimum atomic E-state index is -0.856. The Hall–Kier alpha value is -3.91. The number of carbonyl (C=O) groups is 2. The van der Waals surface area contributed by atoms with Crippen molar-refractivity contribution in [1.29, 1.82) is 0 Å². The molecule has 2 aromatic heterocycles. The highest BCUT2D eigenvalue weighted by Gasteiger charge is 2.25. The summed E-state index contributed by atoms with van der Waals surface area (Å²) in [5, 5.41) is 17.8. The van der Waals surface area contributed by atoms with Crippen LogP contribution in [0.2, 0.25) is 5.02 Å². The van der Waals surface area contributed by atoms with Gasteiger partial charge in [-0.1, -0.05) is 41.9 Å². The maximum absolute atomic E-state index is 13.4. The number of H-pyrrole nitrogens is 1. The average Bonchev–Trinajstić information content (AvgIpc) is 3.47. The van der Waals surface area contributed by atoms with Crippen molar-refractivity contribution < 1.29 is 9.59 Å². The third-order valence-corrected chi connectivity index (χ3v) is 6.33. The molecule has 2 heterocycles. The number of aromatic nitrogens is 4. The van der Waals surface area contributed by atoms with Gasteiger partial charge in [0.2, 0.25) is 5.91 Å². The Bertz CT molecular complexity index is 1350. The van der Waals surface area contributed by atoms with Gasteiger partial charge in [-0.25, -0.2) is 0 Å². The molecule has 0 spiro atoms. The van der Waals surface area contributed by atoms with Crippen molar-refractivity contribution in [2.45, 2.75) is 46.2 Å². The molecule has 1 atom stereocenters. The molecule has 9 heteroatoms. The van der Waals surface area contributed by atoms with Crippen molar-refractivity contribution in [3.63, 3.8) is 0 Å². The topological polar surface area (TPSA) is 105 Å². The molecule has 4 rings (SSSR count). The summed E-state index contributed by atoms with van der Waals surface area (Å²) >= 11 is 6.36. The highest BCUT2D eigenvalue weighted by atomic mass is 35.5. The van der Waals surface area contributed by atoms with Crippen LogP contribution in [0.15, 0.2) is 60.8 Å². The number of aromatic amines is 1. The zero-order valence-electron chi connectivity index (χ0n) is 20.7. The first kappa shape index (κ1) is 25.2. The van der Waals surface area contributed by atoms with Crippen LogP contribution in [0.25, 0.3) is 11.1 Å². The van der Waals surface area contributed by atoms with Crippen LogP contribution >= 0.6 is 11.6 Å². The maximum Gasteiger partial charge on any atom is 0.270 e. The van der Waals surface area contributed by atoms with Gasteiger partial charge in [0.15, 0.2) is 0 Å². The first-order chi connectivity index (χ1) is 17.2. The summed E-state index contributed by atoms with van der Waals surface area (Å²) in [6, 6.07) is 15.6. The van der Waals surface area contributed by atoms with Crippen LogP contribution < -0.4 is 10.6 Å². The van der Waals surface area contributed by atoms with E-state index in [0.717, 1.165) is 28.1 Å². The van der Waals surface area contributed by atoms with Crippen LogP contribution in [0.3, 0.4) is 0 Å². The van der Waals surface area contributed by atoms with Crippen LogP contribution in [-0.4, -0.2) is 37.8 Å². The lowest BCUT2D eigenvalue weighted by Gasteiger charge is -2.20. The van der Waals surface area contributed by atoms with Gasteiger partial charge in [-0.2, -0.15) is 10.2 Å². The van der Waals surface area contributed by atoms with Gasteiger partial charge in [0.1, 0.15) is 11.7 Å². The molecule has 0 fully saturated rings.